The third kappa shape index (κ3) is 3.15. The molecule has 0 radical (unpaired) electrons. The van der Waals surface area contributed by atoms with Crippen LogP contribution in [0.2, 0.25) is 0 Å². The number of hydrogen-bond acceptors (Lipinski definition) is 2. The van der Waals surface area contributed by atoms with E-state index in [0.717, 1.165) is 28.6 Å². The van der Waals surface area contributed by atoms with Gasteiger partial charge in [0.25, 0.3) is 0 Å². The summed E-state index contributed by atoms with van der Waals surface area (Å²) in [7, 11) is 0. The summed E-state index contributed by atoms with van der Waals surface area (Å²) < 4.78 is 0. The number of benzene rings is 2. The fraction of sp³-hybridized carbons (Fsp3) is 0.111. The summed E-state index contributed by atoms with van der Waals surface area (Å²) in [6.07, 6.45) is 1.16. The summed E-state index contributed by atoms with van der Waals surface area (Å²) in [5.41, 5.74) is 3.24. The first-order valence-corrected chi connectivity index (χ1v) is 7.11. The highest BCUT2D eigenvalue weighted by Crippen LogP contribution is 2.20. The van der Waals surface area contributed by atoms with Crippen molar-refractivity contribution in [2.75, 3.05) is 5.32 Å². The Labute approximate surface area is 128 Å². The van der Waals surface area contributed by atoms with Gasteiger partial charge >= 0.3 is 0 Å². The van der Waals surface area contributed by atoms with Gasteiger partial charge in [-0.3, -0.25) is 4.79 Å². The van der Waals surface area contributed by atoms with E-state index in [1.807, 2.05) is 48.5 Å². The lowest BCUT2D eigenvalue weighted by atomic mass is 10.1. The molecule has 1 aromatic heterocycles. The van der Waals surface area contributed by atoms with Gasteiger partial charge in [-0.05, 0) is 30.2 Å². The second-order valence-corrected chi connectivity index (χ2v) is 5.13. The standard InChI is InChI=1S/C18H15N3O/c19-12-16-10-14-7-8-15(11-17(14)20-16)21-18(22)9-6-13-4-2-1-3-5-13/h1-5,7-8,10-11,20H,6,9H2,(H,21,22). The Morgan fingerprint density at radius 1 is 1.14 bits per heavy atom. The van der Waals surface area contributed by atoms with Crippen molar-refractivity contribution in [3.63, 3.8) is 0 Å². The van der Waals surface area contributed by atoms with Crippen molar-refractivity contribution < 1.29 is 4.79 Å². The normalized spacial score (nSPS) is 10.3. The van der Waals surface area contributed by atoms with E-state index in [1.54, 1.807) is 6.07 Å². The lowest BCUT2D eigenvalue weighted by Gasteiger charge is -2.05. The summed E-state index contributed by atoms with van der Waals surface area (Å²) >= 11 is 0. The number of aromatic nitrogens is 1. The molecule has 108 valence electrons. The average molecular weight is 289 g/mol. The highest BCUT2D eigenvalue weighted by molar-refractivity contribution is 5.94. The maximum Gasteiger partial charge on any atom is 0.224 e. The molecule has 1 heterocycles. The van der Waals surface area contributed by atoms with Gasteiger partial charge in [0.15, 0.2) is 0 Å². The molecule has 0 fully saturated rings. The lowest BCUT2D eigenvalue weighted by molar-refractivity contribution is -0.116. The smallest absolute Gasteiger partial charge is 0.224 e. The number of aryl methyl sites for hydroxylation is 1. The van der Waals surface area contributed by atoms with Crippen molar-refractivity contribution in [3.05, 3.63) is 65.9 Å². The minimum atomic E-state index is -0.0183. The monoisotopic (exact) mass is 289 g/mol. The summed E-state index contributed by atoms with van der Waals surface area (Å²) in [5, 5.41) is 12.7. The number of amides is 1. The zero-order valence-corrected chi connectivity index (χ0v) is 12.0. The van der Waals surface area contributed by atoms with Gasteiger partial charge in [0, 0.05) is 23.0 Å². The van der Waals surface area contributed by atoms with E-state index < -0.39 is 0 Å². The largest absolute Gasteiger partial charge is 0.346 e. The molecule has 2 N–H and O–H groups in total. The molecular weight excluding hydrogens is 274 g/mol. The Bertz CT molecular complexity index is 844. The van der Waals surface area contributed by atoms with Gasteiger partial charge in [-0.1, -0.05) is 36.4 Å². The molecule has 0 saturated heterocycles. The molecule has 0 bridgehead atoms. The van der Waals surface area contributed by atoms with Gasteiger partial charge in [-0.25, -0.2) is 0 Å². The topological polar surface area (TPSA) is 68.7 Å². The van der Waals surface area contributed by atoms with Crippen LogP contribution in [-0.4, -0.2) is 10.9 Å². The van der Waals surface area contributed by atoms with Crippen molar-refractivity contribution in [3.8, 4) is 6.07 Å². The van der Waals surface area contributed by atoms with E-state index in [1.165, 1.54) is 0 Å². The first kappa shape index (κ1) is 13.9. The van der Waals surface area contributed by atoms with E-state index in [4.69, 9.17) is 5.26 Å². The van der Waals surface area contributed by atoms with Gasteiger partial charge in [0.1, 0.15) is 11.8 Å². The number of hydrogen-bond donors (Lipinski definition) is 2. The highest BCUT2D eigenvalue weighted by Gasteiger charge is 2.05. The molecule has 2 aromatic carbocycles. The Morgan fingerprint density at radius 3 is 2.73 bits per heavy atom. The Balaban J connectivity index is 1.65. The van der Waals surface area contributed by atoms with E-state index in [0.29, 0.717) is 12.1 Å². The molecular formula is C18H15N3O. The average Bonchev–Trinajstić information content (AvgIpc) is 2.96. The third-order valence-electron chi connectivity index (χ3n) is 3.51. The van der Waals surface area contributed by atoms with Crippen molar-refractivity contribution in [1.82, 2.24) is 4.98 Å². The van der Waals surface area contributed by atoms with Crippen LogP contribution in [-0.2, 0) is 11.2 Å². The number of nitrogens with one attached hydrogen (secondary N) is 2. The van der Waals surface area contributed by atoms with E-state index in [2.05, 4.69) is 16.4 Å². The molecule has 0 spiro atoms. The maximum atomic E-state index is 12.0. The lowest BCUT2D eigenvalue weighted by Crippen LogP contribution is -2.12. The molecule has 4 nitrogen and oxygen atoms in total. The number of H-pyrrole nitrogens is 1. The highest BCUT2D eigenvalue weighted by atomic mass is 16.1. The van der Waals surface area contributed by atoms with E-state index in [-0.39, 0.29) is 5.91 Å². The number of nitrogens with zero attached hydrogens (tertiary/aromatic N) is 1. The molecule has 0 saturated carbocycles. The first-order valence-electron chi connectivity index (χ1n) is 7.11. The molecule has 4 heteroatoms. The molecule has 22 heavy (non-hydrogen) atoms. The van der Waals surface area contributed by atoms with Crippen molar-refractivity contribution in [2.24, 2.45) is 0 Å². The number of rotatable bonds is 4. The molecule has 0 unspecified atom stereocenters. The summed E-state index contributed by atoms with van der Waals surface area (Å²) in [6.45, 7) is 0. The number of carbonyl (C=O) groups is 1. The van der Waals surface area contributed by atoms with E-state index in [9.17, 15) is 4.79 Å². The molecule has 0 aliphatic rings. The summed E-state index contributed by atoms with van der Waals surface area (Å²) in [4.78, 5) is 15.0. The number of fused-ring (bicyclic) bond motifs is 1. The van der Waals surface area contributed by atoms with Gasteiger partial charge in [0.05, 0.1) is 0 Å². The van der Waals surface area contributed by atoms with Crippen molar-refractivity contribution in [2.45, 2.75) is 12.8 Å². The van der Waals surface area contributed by atoms with Crippen LogP contribution in [0.4, 0.5) is 5.69 Å². The number of anilines is 1. The minimum Gasteiger partial charge on any atom is -0.346 e. The second kappa shape index (κ2) is 6.15. The van der Waals surface area contributed by atoms with Crippen LogP contribution in [0.3, 0.4) is 0 Å². The molecule has 3 rings (SSSR count). The quantitative estimate of drug-likeness (QED) is 0.770. The molecule has 0 aliphatic carbocycles. The van der Waals surface area contributed by atoms with Gasteiger partial charge in [-0.2, -0.15) is 5.26 Å². The third-order valence-corrected chi connectivity index (χ3v) is 3.51. The Morgan fingerprint density at radius 2 is 1.95 bits per heavy atom. The summed E-state index contributed by atoms with van der Waals surface area (Å²) in [5.74, 6) is -0.0183. The van der Waals surface area contributed by atoms with Gasteiger partial charge in [-0.15, -0.1) is 0 Å². The SMILES string of the molecule is N#Cc1cc2ccc(NC(=O)CCc3ccccc3)cc2[nH]1. The Kier molecular flexibility index (Phi) is 3.88. The second-order valence-electron chi connectivity index (χ2n) is 5.13. The predicted molar refractivity (Wildman–Crippen MR) is 86.4 cm³/mol. The van der Waals surface area contributed by atoms with Crippen LogP contribution >= 0.6 is 0 Å². The molecule has 0 atom stereocenters. The predicted octanol–water partition coefficient (Wildman–Crippen LogP) is 3.61. The molecule has 0 aliphatic heterocycles. The fourth-order valence-corrected chi connectivity index (χ4v) is 2.39. The summed E-state index contributed by atoms with van der Waals surface area (Å²) in [6, 6.07) is 19.4. The number of nitriles is 1. The first-order chi connectivity index (χ1) is 10.7. The van der Waals surface area contributed by atoms with Crippen LogP contribution in [0, 0.1) is 11.3 Å². The maximum absolute atomic E-state index is 12.0. The number of carbonyl (C=O) groups excluding carboxylic acids is 1. The van der Waals surface area contributed by atoms with Crippen LogP contribution < -0.4 is 5.32 Å². The minimum absolute atomic E-state index is 0.0183. The van der Waals surface area contributed by atoms with Crippen molar-refractivity contribution in [1.29, 1.82) is 5.26 Å². The Hall–Kier alpha value is -3.06. The molecule has 1 amide bonds. The van der Waals surface area contributed by atoms with Gasteiger partial charge < -0.3 is 10.3 Å². The van der Waals surface area contributed by atoms with Crippen LogP contribution in [0.1, 0.15) is 17.7 Å². The zero-order valence-electron chi connectivity index (χ0n) is 12.0. The zero-order chi connectivity index (χ0) is 15.4. The van der Waals surface area contributed by atoms with Crippen LogP contribution in [0.5, 0.6) is 0 Å². The van der Waals surface area contributed by atoms with Crippen molar-refractivity contribution >= 4 is 22.5 Å². The fourth-order valence-electron chi connectivity index (χ4n) is 2.39. The van der Waals surface area contributed by atoms with Gasteiger partial charge in [0.2, 0.25) is 5.91 Å². The van der Waals surface area contributed by atoms with E-state index >= 15 is 0 Å². The van der Waals surface area contributed by atoms with Crippen LogP contribution in [0.15, 0.2) is 54.6 Å². The number of aromatic amines is 1. The van der Waals surface area contributed by atoms with Crippen LogP contribution in [0.25, 0.3) is 10.9 Å². The molecule has 3 aromatic rings.